The molecule has 0 rings (SSSR count). The van der Waals surface area contributed by atoms with E-state index in [1.807, 2.05) is 6.92 Å². The third kappa shape index (κ3) is 22.6. The van der Waals surface area contributed by atoms with Crippen molar-refractivity contribution in [1.82, 2.24) is 0 Å². The standard InChI is InChI=1S/C28H57NO3/c1-5-6-7-8-9-10-11-12-13-14-15-16-18-21-24-28(2,32)26-29(3,4)25-22-19-17-20-23-27(30)31/h32H,5-26H2,1-4H3/p+1. The van der Waals surface area contributed by atoms with Crippen LogP contribution in [0.3, 0.4) is 0 Å². The van der Waals surface area contributed by atoms with Gasteiger partial charge >= 0.3 is 5.97 Å². The smallest absolute Gasteiger partial charge is 0.303 e. The first kappa shape index (κ1) is 31.4. The van der Waals surface area contributed by atoms with Crippen molar-refractivity contribution < 1.29 is 19.5 Å². The van der Waals surface area contributed by atoms with Crippen molar-refractivity contribution in [3.63, 3.8) is 0 Å². The number of carboxylic acid groups (broad SMARTS) is 1. The highest BCUT2D eigenvalue weighted by Crippen LogP contribution is 2.20. The first-order chi connectivity index (χ1) is 15.2. The van der Waals surface area contributed by atoms with Gasteiger partial charge in [-0.05, 0) is 32.6 Å². The molecule has 0 heterocycles. The Bertz CT molecular complexity index is 434. The number of likely N-dealkylation sites (N-methyl/N-ethyl adjacent to an activating group) is 1. The molecule has 1 unspecified atom stereocenters. The number of aliphatic hydroxyl groups is 1. The maximum Gasteiger partial charge on any atom is 0.303 e. The number of hydrogen-bond donors (Lipinski definition) is 2. The minimum atomic E-state index is -0.694. The molecular weight excluding hydrogens is 398 g/mol. The Kier molecular flexibility index (Phi) is 19.4. The first-order valence-electron chi connectivity index (χ1n) is 13.9. The predicted octanol–water partition coefficient (Wildman–Crippen LogP) is 7.72. The summed E-state index contributed by atoms with van der Waals surface area (Å²) in [6.07, 6.45) is 24.2. The van der Waals surface area contributed by atoms with Gasteiger partial charge < -0.3 is 14.7 Å². The van der Waals surface area contributed by atoms with Crippen molar-refractivity contribution >= 4 is 5.97 Å². The molecule has 1 atom stereocenters. The van der Waals surface area contributed by atoms with Crippen molar-refractivity contribution in [2.75, 3.05) is 27.2 Å². The molecule has 0 saturated carbocycles. The van der Waals surface area contributed by atoms with Gasteiger partial charge in [0.05, 0.1) is 20.6 Å². The monoisotopic (exact) mass is 456 g/mol. The van der Waals surface area contributed by atoms with Crippen LogP contribution < -0.4 is 0 Å². The van der Waals surface area contributed by atoms with Crippen molar-refractivity contribution in [2.45, 2.75) is 148 Å². The van der Waals surface area contributed by atoms with Crippen molar-refractivity contribution in [1.29, 1.82) is 0 Å². The van der Waals surface area contributed by atoms with Gasteiger partial charge in [-0.3, -0.25) is 4.79 Å². The summed E-state index contributed by atoms with van der Waals surface area (Å²) in [5.41, 5.74) is -0.593. The number of unbranched alkanes of at least 4 members (excludes halogenated alkanes) is 16. The third-order valence-corrected chi connectivity index (χ3v) is 6.74. The zero-order chi connectivity index (χ0) is 24.1. The average Bonchev–Trinajstić information content (AvgIpc) is 2.69. The van der Waals surface area contributed by atoms with Gasteiger partial charge in [-0.2, -0.15) is 0 Å². The van der Waals surface area contributed by atoms with E-state index in [2.05, 4.69) is 21.0 Å². The molecule has 0 aliphatic rings. The van der Waals surface area contributed by atoms with Gasteiger partial charge in [0.25, 0.3) is 0 Å². The summed E-state index contributed by atoms with van der Waals surface area (Å²) in [4.78, 5) is 10.6. The van der Waals surface area contributed by atoms with Crippen LogP contribution in [0.5, 0.6) is 0 Å². The fourth-order valence-corrected chi connectivity index (χ4v) is 4.95. The van der Waals surface area contributed by atoms with Gasteiger partial charge in [0.2, 0.25) is 0 Å². The molecule has 0 saturated heterocycles. The van der Waals surface area contributed by atoms with E-state index in [4.69, 9.17) is 5.11 Å². The van der Waals surface area contributed by atoms with Gasteiger partial charge in [0, 0.05) is 6.42 Å². The molecule has 0 fully saturated rings. The molecule has 0 aliphatic heterocycles. The van der Waals surface area contributed by atoms with Gasteiger partial charge in [0.15, 0.2) is 0 Å². The zero-order valence-electron chi connectivity index (χ0n) is 22.3. The van der Waals surface area contributed by atoms with Crippen molar-refractivity contribution in [2.24, 2.45) is 0 Å². The van der Waals surface area contributed by atoms with E-state index in [1.54, 1.807) is 0 Å². The molecule has 0 aliphatic carbocycles. The molecule has 0 aromatic rings. The first-order valence-corrected chi connectivity index (χ1v) is 13.9. The molecule has 4 nitrogen and oxygen atoms in total. The molecule has 0 amide bonds. The Labute approximate surface area is 200 Å². The second-order valence-corrected chi connectivity index (χ2v) is 11.2. The van der Waals surface area contributed by atoms with E-state index in [0.717, 1.165) is 56.1 Å². The Morgan fingerprint density at radius 3 is 1.56 bits per heavy atom. The molecule has 0 aromatic carbocycles. The maximum absolute atomic E-state index is 10.9. The largest absolute Gasteiger partial charge is 0.481 e. The lowest BCUT2D eigenvalue weighted by atomic mass is 9.96. The molecule has 2 N–H and O–H groups in total. The number of quaternary nitrogens is 1. The normalized spacial score (nSPS) is 13.9. The maximum atomic E-state index is 10.9. The van der Waals surface area contributed by atoms with Crippen LogP contribution in [0, 0.1) is 0 Å². The number of rotatable bonds is 24. The van der Waals surface area contributed by atoms with Crippen LogP contribution in [-0.2, 0) is 4.79 Å². The SMILES string of the molecule is CCCCCCCCCCCCCCCCC(C)(O)C[N+](C)(C)CCCCCCC(=O)O. The third-order valence-electron chi connectivity index (χ3n) is 6.74. The number of aliphatic carboxylic acids is 1. The van der Waals surface area contributed by atoms with Gasteiger partial charge in [0.1, 0.15) is 12.1 Å². The second kappa shape index (κ2) is 19.8. The van der Waals surface area contributed by atoms with E-state index in [0.29, 0.717) is 0 Å². The Morgan fingerprint density at radius 2 is 1.09 bits per heavy atom. The Hall–Kier alpha value is -0.610. The summed E-state index contributed by atoms with van der Waals surface area (Å²) < 4.78 is 0.838. The van der Waals surface area contributed by atoms with Gasteiger partial charge in [-0.15, -0.1) is 0 Å². The molecular formula is C28H58NO3+. The lowest BCUT2D eigenvalue weighted by molar-refractivity contribution is -0.896. The van der Waals surface area contributed by atoms with Crippen LogP contribution >= 0.6 is 0 Å². The van der Waals surface area contributed by atoms with Crippen LogP contribution in [0.15, 0.2) is 0 Å². The Balaban J connectivity index is 3.61. The van der Waals surface area contributed by atoms with E-state index in [1.165, 1.54) is 83.5 Å². The zero-order valence-corrected chi connectivity index (χ0v) is 22.3. The molecule has 0 aromatic heterocycles. The Morgan fingerprint density at radius 1 is 0.688 bits per heavy atom. The minimum Gasteiger partial charge on any atom is -0.481 e. The molecule has 4 heteroatoms. The van der Waals surface area contributed by atoms with Crippen LogP contribution in [-0.4, -0.2) is 53.5 Å². The molecule has 192 valence electrons. The van der Waals surface area contributed by atoms with Crippen LogP contribution in [0.1, 0.15) is 142 Å². The fraction of sp³-hybridized carbons (Fsp3) is 0.964. The summed E-state index contributed by atoms with van der Waals surface area (Å²) in [5.74, 6) is -0.694. The lowest BCUT2D eigenvalue weighted by Gasteiger charge is -2.36. The molecule has 0 bridgehead atoms. The van der Waals surface area contributed by atoms with Gasteiger partial charge in [-0.1, -0.05) is 103 Å². The highest BCUT2D eigenvalue weighted by Gasteiger charge is 2.29. The lowest BCUT2D eigenvalue weighted by Crippen LogP contribution is -2.50. The number of hydrogen-bond acceptors (Lipinski definition) is 2. The van der Waals surface area contributed by atoms with E-state index in [-0.39, 0.29) is 6.42 Å². The highest BCUT2D eigenvalue weighted by molar-refractivity contribution is 5.66. The van der Waals surface area contributed by atoms with Crippen LogP contribution in [0.2, 0.25) is 0 Å². The minimum absolute atomic E-state index is 0.284. The summed E-state index contributed by atoms with van der Waals surface area (Å²) in [7, 11) is 4.41. The summed E-state index contributed by atoms with van der Waals surface area (Å²) >= 11 is 0. The van der Waals surface area contributed by atoms with Crippen molar-refractivity contribution in [3.8, 4) is 0 Å². The summed E-state index contributed by atoms with van der Waals surface area (Å²) in [5, 5.41) is 19.6. The van der Waals surface area contributed by atoms with E-state index >= 15 is 0 Å². The van der Waals surface area contributed by atoms with Crippen LogP contribution in [0.4, 0.5) is 0 Å². The molecule has 0 spiro atoms. The molecule has 32 heavy (non-hydrogen) atoms. The van der Waals surface area contributed by atoms with Crippen LogP contribution in [0.25, 0.3) is 0 Å². The average molecular weight is 457 g/mol. The predicted molar refractivity (Wildman–Crippen MR) is 138 cm³/mol. The number of carboxylic acids is 1. The van der Waals surface area contributed by atoms with E-state index in [9.17, 15) is 9.90 Å². The van der Waals surface area contributed by atoms with Crippen molar-refractivity contribution in [3.05, 3.63) is 0 Å². The number of carbonyl (C=O) groups is 1. The van der Waals surface area contributed by atoms with Gasteiger partial charge in [-0.25, -0.2) is 0 Å². The summed E-state index contributed by atoms with van der Waals surface area (Å²) in [6, 6.07) is 0. The quantitative estimate of drug-likeness (QED) is 0.115. The fourth-order valence-electron chi connectivity index (χ4n) is 4.95. The second-order valence-electron chi connectivity index (χ2n) is 11.2. The number of nitrogens with zero attached hydrogens (tertiary/aromatic N) is 1. The molecule has 0 radical (unpaired) electrons. The van der Waals surface area contributed by atoms with E-state index < -0.39 is 11.6 Å². The highest BCUT2D eigenvalue weighted by atomic mass is 16.4. The summed E-state index contributed by atoms with van der Waals surface area (Å²) in [6.45, 7) is 6.12. The topological polar surface area (TPSA) is 57.5 Å².